The van der Waals surface area contributed by atoms with Crippen molar-refractivity contribution >= 4 is 22.8 Å². The minimum atomic E-state index is -0.353. The number of hydrogen-bond donors (Lipinski definition) is 0. The molecule has 0 saturated carbocycles. The molecule has 0 N–H and O–H groups in total. The molecule has 1 aliphatic heterocycles. The highest BCUT2D eigenvalue weighted by molar-refractivity contribution is 5.91. The van der Waals surface area contributed by atoms with Gasteiger partial charge in [0, 0.05) is 32.6 Å². The maximum atomic E-state index is 14.2. The van der Waals surface area contributed by atoms with Crippen LogP contribution >= 0.6 is 0 Å². The topological polar surface area (TPSA) is 67.2 Å². The third-order valence-corrected chi connectivity index (χ3v) is 8.37. The van der Waals surface area contributed by atoms with E-state index in [2.05, 4.69) is 18.7 Å². The number of rotatable bonds is 8. The first-order chi connectivity index (χ1) is 21.4. The molecule has 1 fully saturated rings. The van der Waals surface area contributed by atoms with Gasteiger partial charge in [0.2, 0.25) is 5.91 Å². The Morgan fingerprint density at radius 3 is 2.14 bits per heavy atom. The quantitative estimate of drug-likeness (QED) is 0.201. The van der Waals surface area contributed by atoms with Crippen molar-refractivity contribution in [3.8, 4) is 5.69 Å². The van der Waals surface area contributed by atoms with Gasteiger partial charge >= 0.3 is 0 Å². The maximum Gasteiger partial charge on any atom is 0.234 e. The molecule has 0 atom stereocenters. The SMILES string of the molecule is Cc1nn(-c2ccc(F)cc2)c2nc(CCC(C)C)nc(N3CCCN(C(=O)C(c4ccccc4)c4ccccc4)CC3)c12. The van der Waals surface area contributed by atoms with E-state index in [1.54, 1.807) is 16.8 Å². The Morgan fingerprint density at radius 2 is 1.50 bits per heavy atom. The molecular formula is C36H39FN6O. The summed E-state index contributed by atoms with van der Waals surface area (Å²) in [6.45, 7) is 9.05. The van der Waals surface area contributed by atoms with Crippen LogP contribution in [0, 0.1) is 18.7 Å². The Labute approximate surface area is 258 Å². The zero-order valence-corrected chi connectivity index (χ0v) is 25.7. The van der Waals surface area contributed by atoms with Crippen LogP contribution in [-0.2, 0) is 11.2 Å². The molecule has 3 aromatic carbocycles. The van der Waals surface area contributed by atoms with Crippen molar-refractivity contribution in [2.45, 2.75) is 46.0 Å². The molecule has 0 unspecified atom stereocenters. The van der Waals surface area contributed by atoms with E-state index in [1.165, 1.54) is 12.1 Å². The van der Waals surface area contributed by atoms with Gasteiger partial charge in [-0.1, -0.05) is 74.5 Å². The third kappa shape index (κ3) is 6.20. The summed E-state index contributed by atoms with van der Waals surface area (Å²) >= 11 is 0. The lowest BCUT2D eigenvalue weighted by atomic mass is 9.90. The molecule has 1 saturated heterocycles. The molecule has 8 heteroatoms. The van der Waals surface area contributed by atoms with Crippen molar-refractivity contribution < 1.29 is 9.18 Å². The lowest BCUT2D eigenvalue weighted by Gasteiger charge is -2.27. The van der Waals surface area contributed by atoms with Crippen molar-refractivity contribution in [3.05, 3.63) is 113 Å². The summed E-state index contributed by atoms with van der Waals surface area (Å²) in [7, 11) is 0. The highest BCUT2D eigenvalue weighted by Gasteiger charge is 2.30. The second-order valence-corrected chi connectivity index (χ2v) is 12.0. The number of anilines is 1. The normalized spacial score (nSPS) is 14.0. The van der Waals surface area contributed by atoms with Crippen LogP contribution < -0.4 is 4.90 Å². The van der Waals surface area contributed by atoms with Crippen LogP contribution in [0.15, 0.2) is 84.9 Å². The molecule has 3 heterocycles. The van der Waals surface area contributed by atoms with Crippen molar-refractivity contribution in [1.82, 2.24) is 24.6 Å². The predicted octanol–water partition coefficient (Wildman–Crippen LogP) is 6.72. The summed E-state index contributed by atoms with van der Waals surface area (Å²) in [6.07, 6.45) is 2.54. The van der Waals surface area contributed by atoms with Crippen molar-refractivity contribution in [1.29, 1.82) is 0 Å². The van der Waals surface area contributed by atoms with Crippen LogP contribution in [0.2, 0.25) is 0 Å². The fraction of sp³-hybridized carbons (Fsp3) is 0.333. The van der Waals surface area contributed by atoms with Gasteiger partial charge in [0.05, 0.1) is 22.7 Å². The molecule has 5 aromatic rings. The molecule has 44 heavy (non-hydrogen) atoms. The molecule has 1 amide bonds. The number of aryl methyl sites for hydroxylation is 2. The molecule has 0 aliphatic carbocycles. The van der Waals surface area contributed by atoms with E-state index in [0.717, 1.165) is 71.0 Å². The summed E-state index contributed by atoms with van der Waals surface area (Å²) in [4.78, 5) is 28.6. The first kappa shape index (κ1) is 29.5. The van der Waals surface area contributed by atoms with Crippen LogP contribution in [0.4, 0.5) is 10.2 Å². The Balaban J connectivity index is 1.33. The standard InChI is InChI=1S/C36H39FN6O/c1-25(2)15-20-31-38-34(32-26(3)40-43(35(32)39-31)30-18-16-29(37)17-19-30)41-21-10-22-42(24-23-41)36(44)33(27-11-6-4-7-12-27)28-13-8-5-9-14-28/h4-9,11-14,16-19,25,33H,10,15,20-24H2,1-3H3. The number of carbonyl (C=O) groups excluding carboxylic acids is 1. The first-order valence-corrected chi connectivity index (χ1v) is 15.5. The van der Waals surface area contributed by atoms with E-state index in [1.807, 2.05) is 72.5 Å². The fourth-order valence-corrected chi connectivity index (χ4v) is 6.03. The van der Waals surface area contributed by atoms with Gasteiger partial charge in [0.25, 0.3) is 0 Å². The van der Waals surface area contributed by atoms with Gasteiger partial charge in [0.15, 0.2) is 5.65 Å². The van der Waals surface area contributed by atoms with Gasteiger partial charge in [-0.15, -0.1) is 0 Å². The zero-order chi connectivity index (χ0) is 30.6. The van der Waals surface area contributed by atoms with Gasteiger partial charge < -0.3 is 9.80 Å². The highest BCUT2D eigenvalue weighted by Crippen LogP contribution is 2.32. The van der Waals surface area contributed by atoms with Crippen molar-refractivity contribution in [2.75, 3.05) is 31.1 Å². The molecular weight excluding hydrogens is 551 g/mol. The number of carbonyl (C=O) groups is 1. The molecule has 2 aromatic heterocycles. The monoisotopic (exact) mass is 590 g/mol. The van der Waals surface area contributed by atoms with Crippen LogP contribution in [0.1, 0.15) is 55.3 Å². The van der Waals surface area contributed by atoms with E-state index in [4.69, 9.17) is 15.1 Å². The first-order valence-electron chi connectivity index (χ1n) is 15.5. The lowest BCUT2D eigenvalue weighted by molar-refractivity contribution is -0.131. The Kier molecular flexibility index (Phi) is 8.68. The van der Waals surface area contributed by atoms with Crippen LogP contribution in [0.25, 0.3) is 16.7 Å². The summed E-state index contributed by atoms with van der Waals surface area (Å²) < 4.78 is 15.5. The van der Waals surface area contributed by atoms with Crippen LogP contribution in [0.3, 0.4) is 0 Å². The number of aromatic nitrogens is 4. The van der Waals surface area contributed by atoms with Gasteiger partial charge in [-0.3, -0.25) is 4.79 Å². The number of hydrogen-bond acceptors (Lipinski definition) is 5. The van der Waals surface area contributed by atoms with E-state index >= 15 is 0 Å². The summed E-state index contributed by atoms with van der Waals surface area (Å²) in [6, 6.07) is 26.4. The largest absolute Gasteiger partial charge is 0.354 e. The number of halogens is 1. The Hall–Kier alpha value is -4.59. The lowest BCUT2D eigenvalue weighted by Crippen LogP contribution is -2.38. The Bertz CT molecular complexity index is 1680. The van der Waals surface area contributed by atoms with Crippen molar-refractivity contribution in [3.63, 3.8) is 0 Å². The smallest absolute Gasteiger partial charge is 0.234 e. The van der Waals surface area contributed by atoms with E-state index in [-0.39, 0.29) is 17.6 Å². The summed E-state index contributed by atoms with van der Waals surface area (Å²) in [5, 5.41) is 5.74. The molecule has 226 valence electrons. The van der Waals surface area contributed by atoms with Crippen molar-refractivity contribution in [2.24, 2.45) is 5.92 Å². The summed E-state index contributed by atoms with van der Waals surface area (Å²) in [5.74, 6) is 1.62. The minimum Gasteiger partial charge on any atom is -0.354 e. The van der Waals surface area contributed by atoms with Gasteiger partial charge in [-0.25, -0.2) is 19.0 Å². The number of benzene rings is 3. The minimum absolute atomic E-state index is 0.120. The van der Waals surface area contributed by atoms with Crippen LogP contribution in [-0.4, -0.2) is 56.7 Å². The zero-order valence-electron chi connectivity index (χ0n) is 25.7. The van der Waals surface area contributed by atoms with Crippen LogP contribution in [0.5, 0.6) is 0 Å². The molecule has 0 bridgehead atoms. The average Bonchev–Trinajstić information content (AvgIpc) is 3.20. The number of nitrogens with zero attached hydrogens (tertiary/aromatic N) is 6. The van der Waals surface area contributed by atoms with E-state index in [9.17, 15) is 9.18 Å². The molecule has 0 spiro atoms. The van der Waals surface area contributed by atoms with Gasteiger partial charge in [-0.2, -0.15) is 5.10 Å². The highest BCUT2D eigenvalue weighted by atomic mass is 19.1. The average molecular weight is 591 g/mol. The van der Waals surface area contributed by atoms with Gasteiger partial charge in [-0.05, 0) is 61.1 Å². The molecule has 6 rings (SSSR count). The Morgan fingerprint density at radius 1 is 0.841 bits per heavy atom. The fourth-order valence-electron chi connectivity index (χ4n) is 6.03. The molecule has 7 nitrogen and oxygen atoms in total. The van der Waals surface area contributed by atoms with E-state index < -0.39 is 0 Å². The van der Waals surface area contributed by atoms with E-state index in [0.29, 0.717) is 25.6 Å². The molecule has 1 aliphatic rings. The summed E-state index contributed by atoms with van der Waals surface area (Å²) in [5.41, 5.74) is 4.30. The second-order valence-electron chi connectivity index (χ2n) is 12.0. The predicted molar refractivity (Wildman–Crippen MR) is 173 cm³/mol. The number of fused-ring (bicyclic) bond motifs is 1. The number of amides is 1. The third-order valence-electron chi connectivity index (χ3n) is 8.37. The molecule has 0 radical (unpaired) electrons. The van der Waals surface area contributed by atoms with Gasteiger partial charge in [0.1, 0.15) is 17.5 Å². The second kappa shape index (κ2) is 13.0. The maximum absolute atomic E-state index is 14.2.